The average molecular weight is 1020 g/mol. The van der Waals surface area contributed by atoms with E-state index in [1.54, 1.807) is 48.5 Å². The molecule has 4 amide bonds. The number of para-hydroxylation sites is 2. The standard InChI is InChI=1S/C50H55Cl2N7O10.ClH/c51-39-25-31(29-5-1-3-7-35(29)55-39)49(64)68-37-23-27-21-33(37)43(41(27)45(60)53-9-11-58-13-17-66-18-14-58)47(62)57-48(63)44-34-22-28(42(44)46(61)54-10-12-59-15-19-67-20-16-59)24-38(34)69-50(65)32-26-40(52)56-36-8-4-2-6-30(32)36;/h1-8,25-28,33-34,37-38,41-44H,9-24H2,(H,53,60)(H,54,61)(H,57,62,63);1H. The Kier molecular flexibility index (Phi) is 15.5. The molecule has 2 aliphatic heterocycles. The third-order valence-corrected chi connectivity index (χ3v) is 15.7. The highest BCUT2D eigenvalue weighted by atomic mass is 35.5. The molecule has 20 heteroatoms. The normalized spacial score (nSPS) is 28.3. The summed E-state index contributed by atoms with van der Waals surface area (Å²) in [5.74, 6) is -8.80. The van der Waals surface area contributed by atoms with Crippen molar-refractivity contribution < 1.29 is 47.7 Å². The first-order valence-corrected chi connectivity index (χ1v) is 24.8. The zero-order valence-electron chi connectivity index (χ0n) is 38.4. The van der Waals surface area contributed by atoms with Gasteiger partial charge in [0.25, 0.3) is 0 Å². The van der Waals surface area contributed by atoms with Gasteiger partial charge in [-0.3, -0.25) is 34.3 Å². The molecule has 372 valence electrons. The van der Waals surface area contributed by atoms with E-state index in [0.717, 1.165) is 26.2 Å². The molecule has 10 unspecified atom stereocenters. The number of carbonyl (C=O) groups is 6. The Hall–Kier alpha value is -5.01. The van der Waals surface area contributed by atoms with Crippen molar-refractivity contribution in [1.82, 2.24) is 35.7 Å². The van der Waals surface area contributed by atoms with E-state index in [1.807, 2.05) is 0 Å². The number of carbonyl (C=O) groups excluding carboxylic acids is 6. The Balaban J connectivity index is 0.00000608. The fourth-order valence-corrected chi connectivity index (χ4v) is 12.6. The van der Waals surface area contributed by atoms with Gasteiger partial charge >= 0.3 is 11.9 Å². The first kappa shape index (κ1) is 50.0. The van der Waals surface area contributed by atoms with E-state index >= 15 is 0 Å². The Bertz CT molecular complexity index is 2470. The predicted molar refractivity (Wildman–Crippen MR) is 259 cm³/mol. The lowest BCUT2D eigenvalue weighted by molar-refractivity contribution is -0.147. The van der Waals surface area contributed by atoms with Crippen LogP contribution in [0, 0.1) is 47.3 Å². The van der Waals surface area contributed by atoms with Gasteiger partial charge in [0.15, 0.2) is 0 Å². The number of pyridine rings is 2. The molecule has 6 fully saturated rings. The maximum Gasteiger partial charge on any atom is 0.339 e. The number of morpholine rings is 2. The smallest absolute Gasteiger partial charge is 0.339 e. The number of fused-ring (bicyclic) bond motifs is 6. The lowest BCUT2D eigenvalue weighted by atomic mass is 9.75. The molecule has 10 atom stereocenters. The van der Waals surface area contributed by atoms with Gasteiger partial charge in [-0.1, -0.05) is 59.6 Å². The van der Waals surface area contributed by atoms with Gasteiger partial charge in [-0.15, -0.1) is 12.4 Å². The molecule has 2 aromatic heterocycles. The van der Waals surface area contributed by atoms with Crippen LogP contribution in [0.4, 0.5) is 0 Å². The van der Waals surface area contributed by atoms with Gasteiger partial charge in [-0.05, 0) is 61.8 Å². The molecule has 4 bridgehead atoms. The number of hydrogen-bond acceptors (Lipinski definition) is 14. The number of esters is 2. The van der Waals surface area contributed by atoms with Gasteiger partial charge in [0.05, 0.1) is 72.3 Å². The van der Waals surface area contributed by atoms with E-state index in [-0.39, 0.29) is 57.5 Å². The Morgan fingerprint density at radius 1 is 0.571 bits per heavy atom. The topological polar surface area (TPSA) is 208 Å². The molecule has 10 rings (SSSR count). The second-order valence-electron chi connectivity index (χ2n) is 19.1. The molecule has 0 spiro atoms. The minimum absolute atomic E-state index is 0. The molecule has 17 nitrogen and oxygen atoms in total. The second-order valence-corrected chi connectivity index (χ2v) is 19.9. The van der Waals surface area contributed by atoms with Gasteiger partial charge in [0.2, 0.25) is 23.6 Å². The van der Waals surface area contributed by atoms with Crippen LogP contribution in [0.15, 0.2) is 60.7 Å². The minimum Gasteiger partial charge on any atom is -0.458 e. The summed E-state index contributed by atoms with van der Waals surface area (Å²) in [4.78, 5) is 99.1. The van der Waals surface area contributed by atoms with E-state index in [1.165, 1.54) is 12.1 Å². The van der Waals surface area contributed by atoms with Crippen molar-refractivity contribution in [3.63, 3.8) is 0 Å². The van der Waals surface area contributed by atoms with Crippen molar-refractivity contribution in [3.8, 4) is 0 Å². The summed E-state index contributed by atoms with van der Waals surface area (Å²) in [7, 11) is 0. The quantitative estimate of drug-likeness (QED) is 0.0913. The number of nitrogens with one attached hydrogen (secondary N) is 3. The van der Waals surface area contributed by atoms with Crippen molar-refractivity contribution in [1.29, 1.82) is 0 Å². The molecule has 4 heterocycles. The zero-order chi connectivity index (χ0) is 47.8. The number of amides is 4. The van der Waals surface area contributed by atoms with Crippen LogP contribution < -0.4 is 16.0 Å². The molecule has 0 radical (unpaired) electrons. The fourth-order valence-electron chi connectivity index (χ4n) is 12.2. The van der Waals surface area contributed by atoms with E-state index in [0.29, 0.717) is 100 Å². The zero-order valence-corrected chi connectivity index (χ0v) is 40.7. The summed E-state index contributed by atoms with van der Waals surface area (Å²) >= 11 is 12.7. The number of hydrogen-bond donors (Lipinski definition) is 3. The summed E-state index contributed by atoms with van der Waals surface area (Å²) in [6, 6.07) is 17.1. The molecule has 4 aromatic rings. The number of ether oxygens (including phenoxy) is 4. The van der Waals surface area contributed by atoms with Crippen LogP contribution in [-0.2, 0) is 38.1 Å². The summed E-state index contributed by atoms with van der Waals surface area (Å²) in [5, 5.41) is 10.1. The van der Waals surface area contributed by atoms with Gasteiger partial charge < -0.3 is 29.6 Å². The third kappa shape index (κ3) is 10.3. The summed E-state index contributed by atoms with van der Waals surface area (Å²) < 4.78 is 23.3. The van der Waals surface area contributed by atoms with Gasteiger partial charge in [0, 0.05) is 75.0 Å². The monoisotopic (exact) mass is 1020 g/mol. The third-order valence-electron chi connectivity index (χ3n) is 15.3. The average Bonchev–Trinajstić information content (AvgIpc) is 4.14. The maximum absolute atomic E-state index is 14.9. The highest BCUT2D eigenvalue weighted by Gasteiger charge is 2.62. The van der Waals surface area contributed by atoms with E-state index in [9.17, 15) is 28.8 Å². The molecule has 4 saturated carbocycles. The van der Waals surface area contributed by atoms with Gasteiger partial charge in [0.1, 0.15) is 22.5 Å². The van der Waals surface area contributed by atoms with Crippen molar-refractivity contribution in [2.24, 2.45) is 47.3 Å². The number of nitrogens with zero attached hydrogens (tertiary/aromatic N) is 4. The van der Waals surface area contributed by atoms with Crippen LogP contribution in [0.2, 0.25) is 10.3 Å². The summed E-state index contributed by atoms with van der Waals surface area (Å²) in [6.45, 7) is 7.31. The number of rotatable bonds is 14. The molecule has 70 heavy (non-hydrogen) atoms. The first-order valence-electron chi connectivity index (χ1n) is 24.0. The van der Waals surface area contributed by atoms with Gasteiger partial charge in [-0.2, -0.15) is 0 Å². The van der Waals surface area contributed by atoms with Crippen molar-refractivity contribution in [3.05, 3.63) is 82.1 Å². The lowest BCUT2D eigenvalue weighted by Crippen LogP contribution is -2.54. The molecular weight excluding hydrogens is 965 g/mol. The van der Waals surface area contributed by atoms with Crippen molar-refractivity contribution in [2.75, 3.05) is 78.8 Å². The predicted octanol–water partition coefficient (Wildman–Crippen LogP) is 4.35. The van der Waals surface area contributed by atoms with Crippen LogP contribution in [-0.4, -0.2) is 146 Å². The lowest BCUT2D eigenvalue weighted by Gasteiger charge is -2.36. The van der Waals surface area contributed by atoms with E-state index in [4.69, 9.17) is 42.1 Å². The number of aromatic nitrogens is 2. The van der Waals surface area contributed by atoms with Crippen molar-refractivity contribution >= 4 is 93.0 Å². The highest BCUT2D eigenvalue weighted by Crippen LogP contribution is 2.56. The van der Waals surface area contributed by atoms with Crippen LogP contribution >= 0.6 is 35.6 Å². The molecular formula is C50H56Cl3N7O10. The first-order chi connectivity index (χ1) is 33.5. The Morgan fingerprint density at radius 2 is 0.971 bits per heavy atom. The Labute approximate surface area is 420 Å². The fraction of sp³-hybridized carbons (Fsp3) is 0.520. The minimum atomic E-state index is -1.04. The molecule has 3 N–H and O–H groups in total. The highest BCUT2D eigenvalue weighted by molar-refractivity contribution is 6.31. The van der Waals surface area contributed by atoms with Crippen LogP contribution in [0.1, 0.15) is 46.4 Å². The summed E-state index contributed by atoms with van der Waals surface area (Å²) in [5.41, 5.74) is 1.49. The summed E-state index contributed by atoms with van der Waals surface area (Å²) in [6.07, 6.45) is 0.0264. The van der Waals surface area contributed by atoms with Crippen LogP contribution in [0.3, 0.4) is 0 Å². The molecule has 4 aliphatic carbocycles. The second kappa shape index (κ2) is 21.8. The van der Waals surface area contributed by atoms with E-state index in [2.05, 4.69) is 35.7 Å². The van der Waals surface area contributed by atoms with Crippen molar-refractivity contribution in [2.45, 2.75) is 37.9 Å². The van der Waals surface area contributed by atoms with Crippen LogP contribution in [0.25, 0.3) is 21.8 Å². The SMILES string of the molecule is Cl.O=C(OC1CC2CC1C(C(=O)NC(=O)C1C3CC(CC3OC(=O)c3cc(Cl)nc4ccccc34)C1C(=O)NCCN1CCOCC1)C2C(=O)NCCN1CCOCC1)c1cc(Cl)nc2ccccc12. The van der Waals surface area contributed by atoms with Gasteiger partial charge in [-0.25, -0.2) is 19.6 Å². The van der Waals surface area contributed by atoms with E-state index < -0.39 is 71.5 Å². The molecule has 6 aliphatic rings. The maximum atomic E-state index is 14.9. The number of imide groups is 1. The molecule has 2 saturated heterocycles. The molecule has 2 aromatic carbocycles. The Morgan fingerprint density at radius 3 is 1.39 bits per heavy atom. The largest absolute Gasteiger partial charge is 0.458 e. The van der Waals surface area contributed by atoms with Crippen LogP contribution in [0.5, 0.6) is 0 Å². The number of halogens is 3. The number of benzene rings is 2.